The van der Waals surface area contributed by atoms with Gasteiger partial charge in [0.15, 0.2) is 11.5 Å². The van der Waals surface area contributed by atoms with E-state index in [9.17, 15) is 21.6 Å². The van der Waals surface area contributed by atoms with E-state index in [-0.39, 0.29) is 30.6 Å². The molecule has 0 unspecified atom stereocenters. The maximum atomic E-state index is 12.6. The molecule has 2 heterocycles. The number of fused-ring (bicyclic) bond motifs is 1. The third-order valence-corrected chi connectivity index (χ3v) is 9.51. The number of carbonyl (C=O) groups is 1. The Labute approximate surface area is 211 Å². The highest BCUT2D eigenvalue weighted by Crippen LogP contribution is 2.36. The molecule has 13 heteroatoms. The number of carbonyl (C=O) groups excluding carboxylic acids is 1. The third-order valence-electron chi connectivity index (χ3n) is 5.85. The van der Waals surface area contributed by atoms with Gasteiger partial charge in [-0.3, -0.25) is 9.10 Å². The average Bonchev–Trinajstić information content (AvgIpc) is 3.58. The lowest BCUT2D eigenvalue weighted by Crippen LogP contribution is -2.42. The summed E-state index contributed by atoms with van der Waals surface area (Å²) in [5.74, 6) is 0.703. The summed E-state index contributed by atoms with van der Waals surface area (Å²) in [6, 6.07) is 10.8. The van der Waals surface area contributed by atoms with Gasteiger partial charge in [0.2, 0.25) is 32.7 Å². The highest BCUT2D eigenvalue weighted by molar-refractivity contribution is 7.92. The van der Waals surface area contributed by atoms with Crippen molar-refractivity contribution in [2.24, 2.45) is 0 Å². The van der Waals surface area contributed by atoms with Crippen LogP contribution in [-0.2, 0) is 24.8 Å². The molecular weight excluding hydrogens is 510 g/mol. The normalized spacial score (nSPS) is 15.6. The number of anilines is 1. The number of sulfonamides is 2. The summed E-state index contributed by atoms with van der Waals surface area (Å²) in [6.45, 7) is 2.47. The molecule has 2 aliphatic heterocycles. The molecule has 0 spiro atoms. The number of ether oxygens (including phenoxy) is 3. The predicted octanol–water partition coefficient (Wildman–Crippen LogP) is 1.55. The summed E-state index contributed by atoms with van der Waals surface area (Å²) >= 11 is 0. The topological polar surface area (TPSA) is 132 Å². The van der Waals surface area contributed by atoms with Crippen LogP contribution in [0.4, 0.5) is 5.69 Å². The fourth-order valence-corrected chi connectivity index (χ4v) is 6.45. The SMILES string of the molecule is CCS(=O)(=O)N(CC(=O)NCCOc1ccc(S(=O)(=O)N2CCCC2)cc1)c1ccc2c(c1)OCO2. The monoisotopic (exact) mass is 539 g/mol. The zero-order chi connectivity index (χ0) is 25.8. The Morgan fingerprint density at radius 2 is 1.72 bits per heavy atom. The second-order valence-electron chi connectivity index (χ2n) is 8.23. The number of benzene rings is 2. The molecule has 0 atom stereocenters. The molecular formula is C23H29N3O8S2. The Kier molecular flexibility index (Phi) is 7.91. The number of amides is 1. The Bertz CT molecular complexity index is 1290. The lowest BCUT2D eigenvalue weighted by molar-refractivity contribution is -0.119. The number of nitrogens with zero attached hydrogens (tertiary/aromatic N) is 2. The first-order valence-electron chi connectivity index (χ1n) is 11.6. The van der Waals surface area contributed by atoms with Gasteiger partial charge in [-0.25, -0.2) is 16.8 Å². The zero-order valence-electron chi connectivity index (χ0n) is 19.9. The van der Waals surface area contributed by atoms with E-state index in [1.165, 1.54) is 29.4 Å². The third kappa shape index (κ3) is 5.85. The van der Waals surface area contributed by atoms with E-state index >= 15 is 0 Å². The standard InChI is InChI=1S/C23H29N3O8S2/c1-2-35(28,29)26(18-5-10-21-22(15-18)34-17-33-21)16-23(27)24-11-14-32-19-6-8-20(9-7-19)36(30,31)25-12-3-4-13-25/h5-10,15H,2-4,11-14,16-17H2,1H3,(H,24,27). The summed E-state index contributed by atoms with van der Waals surface area (Å²) in [7, 11) is -7.22. The zero-order valence-corrected chi connectivity index (χ0v) is 21.5. The molecule has 36 heavy (non-hydrogen) atoms. The lowest BCUT2D eigenvalue weighted by atomic mass is 10.3. The molecule has 1 saturated heterocycles. The molecule has 2 aromatic rings. The van der Waals surface area contributed by atoms with Crippen LogP contribution in [0, 0.1) is 0 Å². The Morgan fingerprint density at radius 3 is 2.42 bits per heavy atom. The van der Waals surface area contributed by atoms with Gasteiger partial charge in [-0.1, -0.05) is 0 Å². The van der Waals surface area contributed by atoms with Crippen LogP contribution in [0.1, 0.15) is 19.8 Å². The minimum Gasteiger partial charge on any atom is -0.492 e. The highest BCUT2D eigenvalue weighted by atomic mass is 32.2. The minimum absolute atomic E-state index is 0.0524. The van der Waals surface area contributed by atoms with E-state index in [2.05, 4.69) is 5.32 Å². The second kappa shape index (κ2) is 10.9. The molecule has 196 valence electrons. The molecule has 0 aliphatic carbocycles. The first-order valence-corrected chi connectivity index (χ1v) is 14.7. The van der Waals surface area contributed by atoms with E-state index in [1.54, 1.807) is 24.3 Å². The largest absolute Gasteiger partial charge is 0.492 e. The smallest absolute Gasteiger partial charge is 0.243 e. The number of nitrogens with one attached hydrogen (secondary N) is 1. The average molecular weight is 540 g/mol. The Morgan fingerprint density at radius 1 is 1.03 bits per heavy atom. The Balaban J connectivity index is 1.29. The van der Waals surface area contributed by atoms with E-state index in [4.69, 9.17) is 14.2 Å². The minimum atomic E-state index is -3.73. The first-order chi connectivity index (χ1) is 17.2. The molecule has 2 aliphatic rings. The van der Waals surface area contributed by atoms with Crippen molar-refractivity contribution in [3.05, 3.63) is 42.5 Å². The van der Waals surface area contributed by atoms with Gasteiger partial charge in [0, 0.05) is 19.2 Å². The molecule has 0 bridgehead atoms. The second-order valence-corrected chi connectivity index (χ2v) is 12.3. The van der Waals surface area contributed by atoms with E-state index in [0.717, 1.165) is 17.1 Å². The van der Waals surface area contributed by atoms with Crippen LogP contribution >= 0.6 is 0 Å². The quantitative estimate of drug-likeness (QED) is 0.426. The molecule has 4 rings (SSSR count). The van der Waals surface area contributed by atoms with Crippen LogP contribution in [0.5, 0.6) is 17.2 Å². The summed E-state index contributed by atoms with van der Waals surface area (Å²) in [5, 5.41) is 2.65. The summed E-state index contributed by atoms with van der Waals surface area (Å²) in [4.78, 5) is 12.7. The van der Waals surface area contributed by atoms with E-state index in [0.29, 0.717) is 36.0 Å². The van der Waals surface area contributed by atoms with Crippen molar-refractivity contribution >= 4 is 31.6 Å². The van der Waals surface area contributed by atoms with Crippen LogP contribution in [0.2, 0.25) is 0 Å². The molecule has 1 fully saturated rings. The number of rotatable bonds is 11. The lowest BCUT2D eigenvalue weighted by Gasteiger charge is -2.23. The first kappa shape index (κ1) is 26.0. The van der Waals surface area contributed by atoms with Crippen molar-refractivity contribution in [1.82, 2.24) is 9.62 Å². The van der Waals surface area contributed by atoms with Crippen LogP contribution in [-0.4, -0.2) is 72.4 Å². The van der Waals surface area contributed by atoms with Crippen LogP contribution in [0.3, 0.4) is 0 Å². The van der Waals surface area contributed by atoms with Gasteiger partial charge in [-0.2, -0.15) is 4.31 Å². The van der Waals surface area contributed by atoms with Crippen molar-refractivity contribution in [1.29, 1.82) is 0 Å². The van der Waals surface area contributed by atoms with Crippen molar-refractivity contribution in [3.8, 4) is 17.2 Å². The fourth-order valence-electron chi connectivity index (χ4n) is 3.88. The van der Waals surface area contributed by atoms with Gasteiger partial charge in [-0.15, -0.1) is 0 Å². The van der Waals surface area contributed by atoms with Crippen LogP contribution in [0.15, 0.2) is 47.4 Å². The summed E-state index contributed by atoms with van der Waals surface area (Å²) in [6.07, 6.45) is 1.73. The summed E-state index contributed by atoms with van der Waals surface area (Å²) < 4.78 is 69.1. The van der Waals surface area contributed by atoms with Gasteiger partial charge in [0.1, 0.15) is 18.9 Å². The van der Waals surface area contributed by atoms with Crippen molar-refractivity contribution in [2.45, 2.75) is 24.7 Å². The van der Waals surface area contributed by atoms with Gasteiger partial charge < -0.3 is 19.5 Å². The number of hydrogen-bond donors (Lipinski definition) is 1. The number of hydrogen-bond acceptors (Lipinski definition) is 8. The molecule has 0 aromatic heterocycles. The highest BCUT2D eigenvalue weighted by Gasteiger charge is 2.27. The molecule has 2 aromatic carbocycles. The molecule has 1 N–H and O–H groups in total. The maximum absolute atomic E-state index is 12.6. The van der Waals surface area contributed by atoms with Gasteiger partial charge in [0.25, 0.3) is 0 Å². The van der Waals surface area contributed by atoms with Crippen molar-refractivity contribution in [2.75, 3.05) is 49.6 Å². The van der Waals surface area contributed by atoms with Gasteiger partial charge in [-0.05, 0) is 56.2 Å². The molecule has 11 nitrogen and oxygen atoms in total. The van der Waals surface area contributed by atoms with E-state index in [1.807, 2.05) is 0 Å². The molecule has 0 saturated carbocycles. The van der Waals surface area contributed by atoms with Gasteiger partial charge in [0.05, 0.1) is 22.9 Å². The van der Waals surface area contributed by atoms with Crippen LogP contribution < -0.4 is 23.8 Å². The Hall–Kier alpha value is -3.03. The maximum Gasteiger partial charge on any atom is 0.243 e. The molecule has 1 amide bonds. The van der Waals surface area contributed by atoms with Crippen molar-refractivity contribution < 1.29 is 35.8 Å². The van der Waals surface area contributed by atoms with E-state index < -0.39 is 32.5 Å². The fraction of sp³-hybridized carbons (Fsp3) is 0.435. The van der Waals surface area contributed by atoms with Crippen molar-refractivity contribution in [3.63, 3.8) is 0 Å². The van der Waals surface area contributed by atoms with Crippen LogP contribution in [0.25, 0.3) is 0 Å². The van der Waals surface area contributed by atoms with Gasteiger partial charge >= 0.3 is 0 Å². The summed E-state index contributed by atoms with van der Waals surface area (Å²) in [5.41, 5.74) is 0.302. The molecule has 0 radical (unpaired) electrons. The predicted molar refractivity (Wildman–Crippen MR) is 132 cm³/mol.